The SMILES string of the molecule is C[C@H](c1ccccc1)N1CC2C(=O)NC(=O)C2(C)C1. The van der Waals surface area contributed by atoms with E-state index in [1.54, 1.807) is 0 Å². The highest BCUT2D eigenvalue weighted by Gasteiger charge is 2.57. The van der Waals surface area contributed by atoms with E-state index in [1.807, 2.05) is 25.1 Å². The number of imide groups is 1. The average molecular weight is 258 g/mol. The summed E-state index contributed by atoms with van der Waals surface area (Å²) in [5, 5.41) is 2.45. The van der Waals surface area contributed by atoms with E-state index in [4.69, 9.17) is 0 Å². The van der Waals surface area contributed by atoms with Crippen molar-refractivity contribution in [3.63, 3.8) is 0 Å². The zero-order valence-electron chi connectivity index (χ0n) is 11.2. The van der Waals surface area contributed by atoms with Crippen molar-refractivity contribution < 1.29 is 9.59 Å². The van der Waals surface area contributed by atoms with E-state index in [9.17, 15) is 9.59 Å². The Kier molecular flexibility index (Phi) is 2.71. The number of hydrogen-bond acceptors (Lipinski definition) is 3. The van der Waals surface area contributed by atoms with Gasteiger partial charge in [-0.25, -0.2) is 0 Å². The number of nitrogens with zero attached hydrogens (tertiary/aromatic N) is 1. The van der Waals surface area contributed by atoms with Gasteiger partial charge in [0.25, 0.3) is 0 Å². The molecule has 2 aliphatic heterocycles. The van der Waals surface area contributed by atoms with Gasteiger partial charge in [0.1, 0.15) is 0 Å². The van der Waals surface area contributed by atoms with Crippen molar-refractivity contribution in [2.75, 3.05) is 13.1 Å². The summed E-state index contributed by atoms with van der Waals surface area (Å²) in [6.07, 6.45) is 0. The maximum absolute atomic E-state index is 11.9. The fraction of sp³-hybridized carbons (Fsp3) is 0.467. The minimum Gasteiger partial charge on any atom is -0.296 e. The molecule has 3 rings (SSSR count). The van der Waals surface area contributed by atoms with Gasteiger partial charge in [-0.2, -0.15) is 0 Å². The highest BCUT2D eigenvalue weighted by Crippen LogP contribution is 2.42. The van der Waals surface area contributed by atoms with Crippen LogP contribution in [0, 0.1) is 11.3 Å². The summed E-state index contributed by atoms with van der Waals surface area (Å²) in [4.78, 5) is 26.0. The van der Waals surface area contributed by atoms with Crippen LogP contribution in [0.4, 0.5) is 0 Å². The second-order valence-electron chi connectivity index (χ2n) is 5.80. The van der Waals surface area contributed by atoms with Gasteiger partial charge in [-0.15, -0.1) is 0 Å². The van der Waals surface area contributed by atoms with Gasteiger partial charge in [-0.3, -0.25) is 19.8 Å². The third kappa shape index (κ3) is 1.78. The molecule has 0 radical (unpaired) electrons. The largest absolute Gasteiger partial charge is 0.296 e. The molecule has 1 N–H and O–H groups in total. The summed E-state index contributed by atoms with van der Waals surface area (Å²) in [7, 11) is 0. The number of fused-ring (bicyclic) bond motifs is 1. The van der Waals surface area contributed by atoms with Crippen LogP contribution in [-0.2, 0) is 9.59 Å². The van der Waals surface area contributed by atoms with Crippen molar-refractivity contribution in [2.24, 2.45) is 11.3 Å². The second-order valence-corrected chi connectivity index (χ2v) is 5.80. The molecule has 2 saturated heterocycles. The molecule has 0 spiro atoms. The van der Waals surface area contributed by atoms with Gasteiger partial charge < -0.3 is 0 Å². The molecule has 2 heterocycles. The first-order chi connectivity index (χ1) is 9.02. The summed E-state index contributed by atoms with van der Waals surface area (Å²) in [5.41, 5.74) is 0.666. The first-order valence-electron chi connectivity index (χ1n) is 6.66. The molecule has 1 aromatic carbocycles. The van der Waals surface area contributed by atoms with Gasteiger partial charge in [0.15, 0.2) is 0 Å². The maximum atomic E-state index is 11.9. The predicted octanol–water partition coefficient (Wildman–Crippen LogP) is 1.34. The Morgan fingerprint density at radius 2 is 2.00 bits per heavy atom. The molecule has 2 fully saturated rings. The number of carbonyl (C=O) groups excluding carboxylic acids is 2. The van der Waals surface area contributed by atoms with Gasteiger partial charge in [0.2, 0.25) is 11.8 Å². The lowest BCUT2D eigenvalue weighted by atomic mass is 9.82. The van der Waals surface area contributed by atoms with Crippen molar-refractivity contribution in [3.8, 4) is 0 Å². The Hall–Kier alpha value is -1.68. The number of benzene rings is 1. The molecule has 2 unspecified atom stereocenters. The maximum Gasteiger partial charge on any atom is 0.234 e. The molecule has 1 aromatic rings. The average Bonchev–Trinajstić information content (AvgIpc) is 2.86. The Morgan fingerprint density at radius 3 is 2.63 bits per heavy atom. The fourth-order valence-electron chi connectivity index (χ4n) is 3.21. The van der Waals surface area contributed by atoms with E-state index in [1.165, 1.54) is 5.56 Å². The first kappa shape index (κ1) is 12.4. The zero-order chi connectivity index (χ0) is 13.6. The number of amides is 2. The van der Waals surface area contributed by atoms with Crippen molar-refractivity contribution in [1.29, 1.82) is 0 Å². The van der Waals surface area contributed by atoms with Crippen LogP contribution in [0.3, 0.4) is 0 Å². The van der Waals surface area contributed by atoms with E-state index >= 15 is 0 Å². The zero-order valence-corrected chi connectivity index (χ0v) is 11.2. The van der Waals surface area contributed by atoms with Gasteiger partial charge in [0.05, 0.1) is 11.3 Å². The predicted molar refractivity (Wildman–Crippen MR) is 71.2 cm³/mol. The fourth-order valence-corrected chi connectivity index (χ4v) is 3.21. The molecule has 4 heteroatoms. The van der Waals surface area contributed by atoms with Crippen LogP contribution in [0.2, 0.25) is 0 Å². The van der Waals surface area contributed by atoms with Crippen molar-refractivity contribution in [1.82, 2.24) is 10.2 Å². The minimum absolute atomic E-state index is 0.115. The topological polar surface area (TPSA) is 49.4 Å². The number of carbonyl (C=O) groups is 2. The smallest absolute Gasteiger partial charge is 0.234 e. The van der Waals surface area contributed by atoms with Crippen molar-refractivity contribution >= 4 is 11.8 Å². The Bertz CT molecular complexity index is 528. The van der Waals surface area contributed by atoms with E-state index < -0.39 is 5.41 Å². The molecule has 2 aliphatic rings. The van der Waals surface area contributed by atoms with E-state index in [-0.39, 0.29) is 23.8 Å². The Labute approximate surface area is 112 Å². The highest BCUT2D eigenvalue weighted by atomic mass is 16.2. The van der Waals surface area contributed by atoms with E-state index in [2.05, 4.69) is 29.3 Å². The van der Waals surface area contributed by atoms with Gasteiger partial charge in [0, 0.05) is 19.1 Å². The number of rotatable bonds is 2. The van der Waals surface area contributed by atoms with Crippen LogP contribution in [0.25, 0.3) is 0 Å². The molecule has 3 atom stereocenters. The molecular weight excluding hydrogens is 240 g/mol. The normalized spacial score (nSPS) is 32.2. The van der Waals surface area contributed by atoms with Gasteiger partial charge in [-0.1, -0.05) is 30.3 Å². The van der Waals surface area contributed by atoms with E-state index in [0.29, 0.717) is 13.1 Å². The third-order valence-electron chi connectivity index (χ3n) is 4.62. The van der Waals surface area contributed by atoms with Gasteiger partial charge in [-0.05, 0) is 19.4 Å². The molecule has 0 aromatic heterocycles. The van der Waals surface area contributed by atoms with Crippen LogP contribution >= 0.6 is 0 Å². The standard InChI is InChI=1S/C15H18N2O2/c1-10(11-6-4-3-5-7-11)17-8-12-13(18)16-14(19)15(12,2)9-17/h3-7,10,12H,8-9H2,1-2H3,(H,16,18,19)/t10-,12?,15?/m1/s1. The van der Waals surface area contributed by atoms with Gasteiger partial charge >= 0.3 is 0 Å². The second kappa shape index (κ2) is 4.17. The molecule has 0 aliphatic carbocycles. The lowest BCUT2D eigenvalue weighted by Gasteiger charge is -2.26. The molecule has 2 amide bonds. The summed E-state index contributed by atoms with van der Waals surface area (Å²) in [5.74, 6) is -0.438. The molecular formula is C15H18N2O2. The molecule has 4 nitrogen and oxygen atoms in total. The summed E-state index contributed by atoms with van der Waals surface area (Å²) in [6, 6.07) is 10.4. The number of nitrogens with one attached hydrogen (secondary N) is 1. The van der Waals surface area contributed by atoms with Crippen LogP contribution in [0.15, 0.2) is 30.3 Å². The van der Waals surface area contributed by atoms with E-state index in [0.717, 1.165) is 0 Å². The molecule has 19 heavy (non-hydrogen) atoms. The summed E-state index contributed by atoms with van der Waals surface area (Å²) >= 11 is 0. The number of hydrogen-bond donors (Lipinski definition) is 1. The minimum atomic E-state index is -0.555. The lowest BCUT2D eigenvalue weighted by Crippen LogP contribution is -2.36. The monoisotopic (exact) mass is 258 g/mol. The summed E-state index contributed by atoms with van der Waals surface area (Å²) in [6.45, 7) is 5.33. The molecule has 0 bridgehead atoms. The Morgan fingerprint density at radius 1 is 1.32 bits per heavy atom. The summed E-state index contributed by atoms with van der Waals surface area (Å²) < 4.78 is 0. The van der Waals surface area contributed by atoms with Crippen LogP contribution in [-0.4, -0.2) is 29.8 Å². The Balaban J connectivity index is 1.83. The van der Waals surface area contributed by atoms with Crippen molar-refractivity contribution in [3.05, 3.63) is 35.9 Å². The van der Waals surface area contributed by atoms with Crippen LogP contribution < -0.4 is 5.32 Å². The third-order valence-corrected chi connectivity index (χ3v) is 4.62. The molecule has 100 valence electrons. The highest BCUT2D eigenvalue weighted by molar-refractivity contribution is 6.07. The quantitative estimate of drug-likeness (QED) is 0.814. The van der Waals surface area contributed by atoms with Crippen LogP contribution in [0.5, 0.6) is 0 Å². The first-order valence-corrected chi connectivity index (χ1v) is 6.66. The molecule has 0 saturated carbocycles. The van der Waals surface area contributed by atoms with Crippen LogP contribution in [0.1, 0.15) is 25.5 Å². The lowest BCUT2D eigenvalue weighted by molar-refractivity contribution is -0.128. The van der Waals surface area contributed by atoms with Crippen molar-refractivity contribution in [2.45, 2.75) is 19.9 Å². The number of likely N-dealkylation sites (tertiary alicyclic amines) is 1.